The highest BCUT2D eigenvalue weighted by atomic mass is 16.2. The molecule has 2 fully saturated rings. The first-order chi connectivity index (χ1) is 9.66. The number of amides is 1. The first-order valence-electron chi connectivity index (χ1n) is 8.38. The van der Waals surface area contributed by atoms with Gasteiger partial charge in [-0.25, -0.2) is 0 Å². The number of carbonyl (C=O) groups is 1. The number of nitrogens with one attached hydrogen (secondary N) is 2. The van der Waals surface area contributed by atoms with Crippen molar-refractivity contribution in [1.29, 1.82) is 0 Å². The van der Waals surface area contributed by atoms with Gasteiger partial charge in [-0.15, -0.1) is 0 Å². The summed E-state index contributed by atoms with van der Waals surface area (Å²) >= 11 is 0. The van der Waals surface area contributed by atoms with Crippen LogP contribution < -0.4 is 10.6 Å². The van der Waals surface area contributed by atoms with Gasteiger partial charge >= 0.3 is 0 Å². The van der Waals surface area contributed by atoms with Crippen molar-refractivity contribution < 1.29 is 4.79 Å². The lowest BCUT2D eigenvalue weighted by Crippen LogP contribution is -2.49. The second-order valence-electron chi connectivity index (χ2n) is 6.67. The standard InChI is InChI=1S/C16H31N3O/c1-13(16(20)18-15-8-4-3-5-9-15)19(2)12-14-7-6-10-17-11-14/h13-15,17H,3-12H2,1-2H3,(H,18,20). The van der Waals surface area contributed by atoms with Gasteiger partial charge in [-0.3, -0.25) is 9.69 Å². The number of carbonyl (C=O) groups excluding carboxylic acids is 1. The van der Waals surface area contributed by atoms with E-state index < -0.39 is 0 Å². The van der Waals surface area contributed by atoms with Crippen molar-refractivity contribution in [2.24, 2.45) is 5.92 Å². The molecule has 1 aliphatic heterocycles. The van der Waals surface area contributed by atoms with Gasteiger partial charge in [0.05, 0.1) is 6.04 Å². The Bertz CT molecular complexity index is 296. The number of piperidine rings is 1. The van der Waals surface area contributed by atoms with Crippen LogP contribution in [0.5, 0.6) is 0 Å². The van der Waals surface area contributed by atoms with Crippen molar-refractivity contribution in [1.82, 2.24) is 15.5 Å². The van der Waals surface area contributed by atoms with Crippen LogP contribution in [0, 0.1) is 5.92 Å². The summed E-state index contributed by atoms with van der Waals surface area (Å²) in [6, 6.07) is 0.405. The van der Waals surface area contributed by atoms with Gasteiger partial charge in [-0.05, 0) is 58.7 Å². The second-order valence-corrected chi connectivity index (χ2v) is 6.67. The zero-order chi connectivity index (χ0) is 14.4. The fourth-order valence-electron chi connectivity index (χ4n) is 3.41. The van der Waals surface area contributed by atoms with Gasteiger partial charge in [0.15, 0.2) is 0 Å². The predicted molar refractivity (Wildman–Crippen MR) is 82.7 cm³/mol. The van der Waals surface area contributed by atoms with Gasteiger partial charge in [0.25, 0.3) is 0 Å². The highest BCUT2D eigenvalue weighted by molar-refractivity contribution is 5.81. The fraction of sp³-hybridized carbons (Fsp3) is 0.938. The van der Waals surface area contributed by atoms with E-state index in [9.17, 15) is 4.79 Å². The van der Waals surface area contributed by atoms with Crippen LogP contribution in [0.1, 0.15) is 51.9 Å². The molecule has 1 saturated heterocycles. The topological polar surface area (TPSA) is 44.4 Å². The Morgan fingerprint density at radius 2 is 2.00 bits per heavy atom. The summed E-state index contributed by atoms with van der Waals surface area (Å²) in [5, 5.41) is 6.69. The Hall–Kier alpha value is -0.610. The van der Waals surface area contributed by atoms with Crippen LogP contribution in [0.3, 0.4) is 0 Å². The summed E-state index contributed by atoms with van der Waals surface area (Å²) in [5.74, 6) is 0.904. The minimum Gasteiger partial charge on any atom is -0.352 e. The predicted octanol–water partition coefficient (Wildman–Crippen LogP) is 1.76. The van der Waals surface area contributed by atoms with Crippen LogP contribution in [0.25, 0.3) is 0 Å². The maximum absolute atomic E-state index is 12.3. The third kappa shape index (κ3) is 4.74. The third-order valence-electron chi connectivity index (χ3n) is 4.94. The molecule has 2 rings (SSSR count). The molecule has 4 heteroatoms. The molecular weight excluding hydrogens is 250 g/mol. The lowest BCUT2D eigenvalue weighted by atomic mass is 9.95. The fourth-order valence-corrected chi connectivity index (χ4v) is 3.41. The summed E-state index contributed by atoms with van der Waals surface area (Å²) in [4.78, 5) is 14.5. The lowest BCUT2D eigenvalue weighted by molar-refractivity contribution is -0.126. The number of nitrogens with zero attached hydrogens (tertiary/aromatic N) is 1. The average Bonchev–Trinajstić information content (AvgIpc) is 2.48. The van der Waals surface area contributed by atoms with Crippen LogP contribution in [0.15, 0.2) is 0 Å². The number of hydrogen-bond acceptors (Lipinski definition) is 3. The van der Waals surface area contributed by atoms with Gasteiger partial charge in [0.2, 0.25) is 5.91 Å². The van der Waals surface area contributed by atoms with Crippen LogP contribution in [0.4, 0.5) is 0 Å². The smallest absolute Gasteiger partial charge is 0.237 e. The van der Waals surface area contributed by atoms with E-state index in [1.165, 1.54) is 32.1 Å². The van der Waals surface area contributed by atoms with Gasteiger partial charge in [0.1, 0.15) is 0 Å². The molecule has 0 spiro atoms. The van der Waals surface area contributed by atoms with Crippen molar-refractivity contribution in [2.75, 3.05) is 26.7 Å². The molecule has 2 atom stereocenters. The van der Waals surface area contributed by atoms with Gasteiger partial charge < -0.3 is 10.6 Å². The minimum atomic E-state index is -0.0150. The molecule has 0 aromatic heterocycles. The first-order valence-corrected chi connectivity index (χ1v) is 8.38. The highest BCUT2D eigenvalue weighted by Crippen LogP contribution is 2.18. The summed E-state index contributed by atoms with van der Waals surface area (Å²) in [6.45, 7) is 5.31. The van der Waals surface area contributed by atoms with Crippen LogP contribution in [-0.4, -0.2) is 49.6 Å². The molecule has 0 aromatic carbocycles. The van der Waals surface area contributed by atoms with E-state index in [0.29, 0.717) is 12.0 Å². The van der Waals surface area contributed by atoms with Crippen LogP contribution >= 0.6 is 0 Å². The maximum atomic E-state index is 12.3. The Labute approximate surface area is 123 Å². The Morgan fingerprint density at radius 3 is 2.65 bits per heavy atom. The van der Waals surface area contributed by atoms with Crippen molar-refractivity contribution >= 4 is 5.91 Å². The van der Waals surface area contributed by atoms with Crippen molar-refractivity contribution in [3.63, 3.8) is 0 Å². The SMILES string of the molecule is CC(C(=O)NC1CCCCC1)N(C)CC1CCCNC1. The van der Waals surface area contributed by atoms with E-state index in [0.717, 1.165) is 32.5 Å². The second kappa shape index (κ2) is 7.99. The largest absolute Gasteiger partial charge is 0.352 e. The van der Waals surface area contributed by atoms with Gasteiger partial charge in [0, 0.05) is 12.6 Å². The quantitative estimate of drug-likeness (QED) is 0.807. The van der Waals surface area contributed by atoms with E-state index in [1.807, 2.05) is 6.92 Å². The minimum absolute atomic E-state index is 0.0150. The molecule has 0 radical (unpaired) electrons. The Kier molecular flexibility index (Phi) is 6.30. The summed E-state index contributed by atoms with van der Waals surface area (Å²) < 4.78 is 0. The molecule has 1 aliphatic carbocycles. The Morgan fingerprint density at radius 1 is 1.25 bits per heavy atom. The monoisotopic (exact) mass is 281 g/mol. The molecule has 20 heavy (non-hydrogen) atoms. The molecular formula is C16H31N3O. The van der Waals surface area contributed by atoms with E-state index >= 15 is 0 Å². The zero-order valence-corrected chi connectivity index (χ0v) is 13.2. The zero-order valence-electron chi connectivity index (χ0n) is 13.2. The van der Waals surface area contributed by atoms with E-state index in [2.05, 4.69) is 22.6 Å². The molecule has 116 valence electrons. The van der Waals surface area contributed by atoms with E-state index in [1.54, 1.807) is 0 Å². The molecule has 0 bridgehead atoms. The van der Waals surface area contributed by atoms with Gasteiger partial charge in [-0.1, -0.05) is 19.3 Å². The van der Waals surface area contributed by atoms with E-state index in [-0.39, 0.29) is 11.9 Å². The molecule has 4 nitrogen and oxygen atoms in total. The van der Waals surface area contributed by atoms with E-state index in [4.69, 9.17) is 0 Å². The number of hydrogen-bond donors (Lipinski definition) is 2. The normalized spacial score (nSPS) is 26.4. The molecule has 2 N–H and O–H groups in total. The Balaban J connectivity index is 1.73. The molecule has 2 unspecified atom stereocenters. The summed E-state index contributed by atoms with van der Waals surface area (Å²) in [5.41, 5.74) is 0. The summed E-state index contributed by atoms with van der Waals surface area (Å²) in [6.07, 6.45) is 8.74. The number of likely N-dealkylation sites (N-methyl/N-ethyl adjacent to an activating group) is 1. The summed E-state index contributed by atoms with van der Waals surface area (Å²) in [7, 11) is 2.08. The number of rotatable bonds is 5. The first kappa shape index (κ1) is 15.8. The van der Waals surface area contributed by atoms with Crippen LogP contribution in [-0.2, 0) is 4.79 Å². The molecule has 1 saturated carbocycles. The average molecular weight is 281 g/mol. The highest BCUT2D eigenvalue weighted by Gasteiger charge is 2.24. The van der Waals surface area contributed by atoms with Crippen molar-refractivity contribution in [3.05, 3.63) is 0 Å². The molecule has 2 aliphatic rings. The van der Waals surface area contributed by atoms with Crippen molar-refractivity contribution in [3.8, 4) is 0 Å². The van der Waals surface area contributed by atoms with Crippen LogP contribution in [0.2, 0.25) is 0 Å². The third-order valence-corrected chi connectivity index (χ3v) is 4.94. The molecule has 1 amide bonds. The maximum Gasteiger partial charge on any atom is 0.237 e. The molecule has 1 heterocycles. The molecule has 0 aromatic rings. The van der Waals surface area contributed by atoms with Gasteiger partial charge in [-0.2, -0.15) is 0 Å². The lowest BCUT2D eigenvalue weighted by Gasteiger charge is -2.32. The van der Waals surface area contributed by atoms with Crippen molar-refractivity contribution in [2.45, 2.75) is 64.0 Å².